The molecular formula is C22H18N6O2. The number of Topliss-reactive ketones (excluding diaryl/α,β-unsaturated/α-hetero) is 2. The molecule has 0 saturated heterocycles. The van der Waals surface area contributed by atoms with Crippen LogP contribution < -0.4 is 5.32 Å². The first kappa shape index (κ1) is 18.0. The molecular weight excluding hydrogens is 380 g/mol. The first-order valence-corrected chi connectivity index (χ1v) is 9.51. The van der Waals surface area contributed by atoms with E-state index in [1.807, 2.05) is 44.4 Å². The Morgan fingerprint density at radius 2 is 1.67 bits per heavy atom. The highest BCUT2D eigenvalue weighted by molar-refractivity contribution is 6.37. The van der Waals surface area contributed by atoms with Crippen LogP contribution in [0, 0.1) is 6.92 Å². The summed E-state index contributed by atoms with van der Waals surface area (Å²) in [6.45, 7) is 2.26. The lowest BCUT2D eigenvalue weighted by Gasteiger charge is -2.22. The lowest BCUT2D eigenvalue weighted by Crippen LogP contribution is -2.32. The minimum absolute atomic E-state index is 0.175. The Bertz CT molecular complexity index is 1360. The maximum atomic E-state index is 13.4. The number of benzene rings is 2. The van der Waals surface area contributed by atoms with Gasteiger partial charge in [0.2, 0.25) is 11.6 Å². The van der Waals surface area contributed by atoms with Gasteiger partial charge in [0.15, 0.2) is 0 Å². The molecule has 1 aliphatic rings. The van der Waals surface area contributed by atoms with Gasteiger partial charge in [-0.2, -0.15) is 5.10 Å². The van der Waals surface area contributed by atoms with E-state index in [1.54, 1.807) is 28.9 Å². The van der Waals surface area contributed by atoms with E-state index in [-0.39, 0.29) is 23.0 Å². The van der Waals surface area contributed by atoms with Crippen molar-refractivity contribution in [3.63, 3.8) is 0 Å². The zero-order chi connectivity index (χ0) is 20.8. The molecule has 0 atom stereocenters. The molecule has 8 nitrogen and oxygen atoms in total. The molecule has 0 aliphatic heterocycles. The number of nitrogens with zero attached hydrogens (tertiary/aromatic N) is 5. The number of carbonyl (C=O) groups excluding carboxylic acids is 2. The van der Waals surface area contributed by atoms with Gasteiger partial charge in [-0.25, -0.2) is 4.68 Å². The van der Waals surface area contributed by atoms with Crippen LogP contribution in [0.3, 0.4) is 0 Å². The number of aryl methyl sites for hydroxylation is 2. The highest BCUT2D eigenvalue weighted by Crippen LogP contribution is 2.29. The fourth-order valence-electron chi connectivity index (χ4n) is 3.77. The standard InChI is InChI=1S/C22H18N6O2/c1-13-14(12-27(2)25-13)11-23-19-20(28-18-10-6-5-9-17(18)24-26-28)22(30)16-8-4-3-7-15(16)21(19)29/h3-10,12,23H,11H2,1-2H3. The van der Waals surface area contributed by atoms with Gasteiger partial charge in [-0.3, -0.25) is 14.3 Å². The number of hydrogen-bond donors (Lipinski definition) is 1. The van der Waals surface area contributed by atoms with Gasteiger partial charge in [0, 0.05) is 36.5 Å². The monoisotopic (exact) mass is 398 g/mol. The molecule has 8 heteroatoms. The minimum atomic E-state index is -0.272. The molecule has 0 bridgehead atoms. The highest BCUT2D eigenvalue weighted by Gasteiger charge is 2.34. The molecule has 1 N–H and O–H groups in total. The summed E-state index contributed by atoms with van der Waals surface area (Å²) in [6.07, 6.45) is 1.89. The summed E-state index contributed by atoms with van der Waals surface area (Å²) < 4.78 is 3.17. The van der Waals surface area contributed by atoms with Crippen LogP contribution in [0.25, 0.3) is 16.7 Å². The van der Waals surface area contributed by atoms with Gasteiger partial charge in [0.05, 0.1) is 11.2 Å². The number of allylic oxidation sites excluding steroid dienone is 2. The largest absolute Gasteiger partial charge is 0.376 e. The molecule has 30 heavy (non-hydrogen) atoms. The number of para-hydroxylation sites is 1. The average molecular weight is 398 g/mol. The van der Waals surface area contributed by atoms with E-state index >= 15 is 0 Å². The fourth-order valence-corrected chi connectivity index (χ4v) is 3.77. The molecule has 2 aromatic carbocycles. The first-order chi connectivity index (χ1) is 14.5. The summed E-state index contributed by atoms with van der Waals surface area (Å²) in [6, 6.07) is 14.2. The van der Waals surface area contributed by atoms with E-state index in [2.05, 4.69) is 20.7 Å². The van der Waals surface area contributed by atoms with Crippen molar-refractivity contribution in [2.45, 2.75) is 13.5 Å². The predicted molar refractivity (Wildman–Crippen MR) is 111 cm³/mol. The molecule has 4 aromatic rings. The van der Waals surface area contributed by atoms with Crippen LogP contribution >= 0.6 is 0 Å². The second kappa shape index (κ2) is 6.77. The molecule has 0 saturated carbocycles. The Kier molecular flexibility index (Phi) is 4.06. The SMILES string of the molecule is Cc1nn(C)cc1CNC1=C(n2nnc3ccccc32)C(=O)c2ccccc2C1=O. The van der Waals surface area contributed by atoms with Crippen molar-refractivity contribution >= 4 is 28.3 Å². The molecule has 0 radical (unpaired) electrons. The highest BCUT2D eigenvalue weighted by atomic mass is 16.1. The van der Waals surface area contributed by atoms with Gasteiger partial charge >= 0.3 is 0 Å². The van der Waals surface area contributed by atoms with Crippen LogP contribution in [-0.2, 0) is 13.6 Å². The number of hydrogen-bond acceptors (Lipinski definition) is 6. The van der Waals surface area contributed by atoms with Crippen LogP contribution in [0.4, 0.5) is 0 Å². The Hall–Kier alpha value is -4.07. The van der Waals surface area contributed by atoms with Gasteiger partial charge in [-0.1, -0.05) is 41.6 Å². The molecule has 0 amide bonds. The molecule has 2 heterocycles. The number of aromatic nitrogens is 5. The number of rotatable bonds is 4. The van der Waals surface area contributed by atoms with Gasteiger partial charge in [0.25, 0.3) is 0 Å². The van der Waals surface area contributed by atoms with Gasteiger partial charge < -0.3 is 5.32 Å². The maximum Gasteiger partial charge on any atom is 0.214 e. The van der Waals surface area contributed by atoms with Crippen molar-refractivity contribution in [3.8, 4) is 0 Å². The Labute approximate surface area is 171 Å². The third kappa shape index (κ3) is 2.73. The zero-order valence-corrected chi connectivity index (χ0v) is 16.5. The van der Waals surface area contributed by atoms with Crippen LogP contribution in [0.5, 0.6) is 0 Å². The molecule has 2 aromatic heterocycles. The van der Waals surface area contributed by atoms with E-state index in [4.69, 9.17) is 0 Å². The van der Waals surface area contributed by atoms with Crippen LogP contribution in [-0.4, -0.2) is 36.3 Å². The van der Waals surface area contributed by atoms with E-state index in [1.165, 1.54) is 4.68 Å². The normalized spacial score (nSPS) is 13.8. The lowest BCUT2D eigenvalue weighted by atomic mass is 9.90. The second-order valence-electron chi connectivity index (χ2n) is 7.18. The van der Waals surface area contributed by atoms with Crippen LogP contribution in [0.2, 0.25) is 0 Å². The fraction of sp³-hybridized carbons (Fsp3) is 0.136. The summed E-state index contributed by atoms with van der Waals surface area (Å²) in [7, 11) is 1.84. The Balaban J connectivity index is 1.68. The Morgan fingerprint density at radius 3 is 2.40 bits per heavy atom. The smallest absolute Gasteiger partial charge is 0.214 e. The molecule has 0 fully saturated rings. The van der Waals surface area contributed by atoms with Crippen molar-refractivity contribution in [1.29, 1.82) is 0 Å². The summed E-state index contributed by atoms with van der Waals surface area (Å²) in [5.74, 6) is -0.521. The van der Waals surface area contributed by atoms with E-state index in [0.717, 1.165) is 11.3 Å². The van der Waals surface area contributed by atoms with Crippen molar-refractivity contribution in [2.75, 3.05) is 0 Å². The van der Waals surface area contributed by atoms with E-state index in [0.29, 0.717) is 28.7 Å². The summed E-state index contributed by atoms with van der Waals surface area (Å²) in [5, 5.41) is 15.9. The molecule has 5 rings (SSSR count). The third-order valence-corrected chi connectivity index (χ3v) is 5.23. The van der Waals surface area contributed by atoms with Gasteiger partial charge in [0.1, 0.15) is 16.9 Å². The second-order valence-corrected chi connectivity index (χ2v) is 7.18. The molecule has 148 valence electrons. The maximum absolute atomic E-state index is 13.4. The van der Waals surface area contributed by atoms with Crippen molar-refractivity contribution in [1.82, 2.24) is 30.1 Å². The minimum Gasteiger partial charge on any atom is -0.376 e. The summed E-state index contributed by atoms with van der Waals surface area (Å²) in [5.41, 5.74) is 4.21. The molecule has 0 unspecified atom stereocenters. The topological polar surface area (TPSA) is 94.7 Å². The molecule has 1 aliphatic carbocycles. The van der Waals surface area contributed by atoms with Gasteiger partial charge in [-0.15, -0.1) is 5.10 Å². The van der Waals surface area contributed by atoms with Crippen LogP contribution in [0.1, 0.15) is 32.0 Å². The van der Waals surface area contributed by atoms with Crippen molar-refractivity contribution in [3.05, 3.63) is 82.8 Å². The lowest BCUT2D eigenvalue weighted by molar-refractivity contribution is 0.0981. The number of carbonyl (C=O) groups is 2. The Morgan fingerprint density at radius 1 is 0.967 bits per heavy atom. The van der Waals surface area contributed by atoms with Gasteiger partial charge in [-0.05, 0) is 19.1 Å². The quantitative estimate of drug-likeness (QED) is 0.568. The number of nitrogens with one attached hydrogen (secondary N) is 1. The number of ketones is 2. The van der Waals surface area contributed by atoms with E-state index < -0.39 is 0 Å². The average Bonchev–Trinajstić information content (AvgIpc) is 3.32. The predicted octanol–water partition coefficient (Wildman–Crippen LogP) is 2.51. The zero-order valence-electron chi connectivity index (χ0n) is 16.5. The summed E-state index contributed by atoms with van der Waals surface area (Å²) in [4.78, 5) is 26.8. The van der Waals surface area contributed by atoms with E-state index in [9.17, 15) is 9.59 Å². The number of fused-ring (bicyclic) bond motifs is 2. The van der Waals surface area contributed by atoms with Crippen molar-refractivity contribution < 1.29 is 9.59 Å². The first-order valence-electron chi connectivity index (χ1n) is 9.51. The summed E-state index contributed by atoms with van der Waals surface area (Å²) >= 11 is 0. The molecule has 0 spiro atoms. The van der Waals surface area contributed by atoms with Crippen molar-refractivity contribution in [2.24, 2.45) is 7.05 Å². The van der Waals surface area contributed by atoms with Crippen LogP contribution in [0.15, 0.2) is 60.4 Å². The third-order valence-electron chi connectivity index (χ3n) is 5.23.